The van der Waals surface area contributed by atoms with Gasteiger partial charge in [-0.3, -0.25) is 9.78 Å². The molecule has 3 aromatic carbocycles. The number of amides is 1. The second kappa shape index (κ2) is 15.4. The van der Waals surface area contributed by atoms with E-state index in [9.17, 15) is 4.79 Å². The van der Waals surface area contributed by atoms with Crippen molar-refractivity contribution in [2.24, 2.45) is 11.7 Å². The van der Waals surface area contributed by atoms with Gasteiger partial charge in [-0.25, -0.2) is 0 Å². The molecule has 1 atom stereocenters. The number of hydrogen-bond acceptors (Lipinski definition) is 6. The van der Waals surface area contributed by atoms with E-state index in [1.807, 2.05) is 54.3 Å². The van der Waals surface area contributed by atoms with Crippen LogP contribution in [0.1, 0.15) is 47.9 Å². The fourth-order valence-corrected chi connectivity index (χ4v) is 6.27. The van der Waals surface area contributed by atoms with E-state index in [2.05, 4.69) is 29.3 Å². The molecule has 0 unspecified atom stereocenters. The number of hydrogen-bond donors (Lipinski definition) is 1. The number of nitriles is 1. The van der Waals surface area contributed by atoms with Crippen LogP contribution in [-0.4, -0.2) is 41.6 Å². The molecule has 1 aromatic heterocycles. The SMILES string of the molecule is Cc1cc(Cl)c(OCCOc2ccc(C[C@H](CN)C(=O)N(Cc3cc(CCCC#N)cc4cccnc34)C3CC3)cc2)c(Cl)c1. The predicted octanol–water partition coefficient (Wildman–Crippen LogP) is 7.46. The molecule has 45 heavy (non-hydrogen) atoms. The molecule has 0 aliphatic heterocycles. The van der Waals surface area contributed by atoms with Crippen LogP contribution >= 0.6 is 23.2 Å². The zero-order chi connectivity index (χ0) is 31.8. The maximum Gasteiger partial charge on any atom is 0.227 e. The molecule has 1 fully saturated rings. The largest absolute Gasteiger partial charge is 0.490 e. The Bertz CT molecular complexity index is 1640. The van der Waals surface area contributed by atoms with Gasteiger partial charge in [0.1, 0.15) is 19.0 Å². The van der Waals surface area contributed by atoms with Gasteiger partial charge in [-0.05, 0) is 97.7 Å². The summed E-state index contributed by atoms with van der Waals surface area (Å²) < 4.78 is 11.6. The molecule has 234 valence electrons. The number of halogens is 2. The third kappa shape index (κ3) is 8.67. The molecule has 5 rings (SSSR count). The molecule has 1 saturated carbocycles. The Kier molecular flexibility index (Phi) is 11.2. The third-order valence-electron chi connectivity index (χ3n) is 7.99. The Hall–Kier alpha value is -3.83. The van der Waals surface area contributed by atoms with Crippen LogP contribution in [0.25, 0.3) is 10.9 Å². The first kappa shape index (κ1) is 32.6. The maximum atomic E-state index is 14.0. The van der Waals surface area contributed by atoms with Gasteiger partial charge in [-0.1, -0.05) is 47.5 Å². The Morgan fingerprint density at radius 3 is 2.49 bits per heavy atom. The Morgan fingerprint density at radius 1 is 1.07 bits per heavy atom. The van der Waals surface area contributed by atoms with Gasteiger partial charge in [0.25, 0.3) is 0 Å². The van der Waals surface area contributed by atoms with E-state index in [0.717, 1.165) is 58.8 Å². The van der Waals surface area contributed by atoms with Gasteiger partial charge in [0.15, 0.2) is 5.75 Å². The molecule has 1 heterocycles. The monoisotopic (exact) mass is 644 g/mol. The number of aromatic nitrogens is 1. The second-order valence-electron chi connectivity index (χ2n) is 11.6. The van der Waals surface area contributed by atoms with Crippen molar-refractivity contribution in [1.82, 2.24) is 9.88 Å². The number of pyridine rings is 1. The molecule has 0 saturated heterocycles. The molecule has 1 amide bonds. The number of nitrogens with zero attached hydrogens (tertiary/aromatic N) is 3. The number of nitrogens with two attached hydrogens (primary N) is 1. The van der Waals surface area contributed by atoms with Crippen molar-refractivity contribution in [3.05, 3.63) is 99.2 Å². The fourth-order valence-electron chi connectivity index (χ4n) is 5.57. The van der Waals surface area contributed by atoms with Crippen LogP contribution in [0.15, 0.2) is 66.9 Å². The number of unbranched alkanes of at least 4 members (excludes halogenated alkanes) is 1. The minimum atomic E-state index is -0.340. The summed E-state index contributed by atoms with van der Waals surface area (Å²) in [6.07, 6.45) is 6.46. The Balaban J connectivity index is 1.21. The number of ether oxygens (including phenoxy) is 2. The molecular formula is C36H38Cl2N4O3. The number of aryl methyl sites for hydroxylation is 2. The standard InChI is InChI=1S/C36H38Cl2N4O3/c1-24-17-32(37)35(33(38)18-24)45-16-15-44-31-11-7-25(8-12-31)19-28(22-40)36(43)42(30-9-10-30)23-29-21-26(5-2-3-13-39)20-27-6-4-14-41-34(27)29/h4,6-8,11-12,14,17-18,20-21,28,30H,2-3,5,9-10,15-16,19,22-23,40H2,1H3/t28-/m1/s1. The van der Waals surface area contributed by atoms with Crippen LogP contribution in [-0.2, 0) is 24.2 Å². The smallest absolute Gasteiger partial charge is 0.227 e. The van der Waals surface area contributed by atoms with Gasteiger partial charge in [0.2, 0.25) is 5.91 Å². The minimum absolute atomic E-state index is 0.0740. The zero-order valence-corrected chi connectivity index (χ0v) is 27.0. The molecule has 1 aliphatic carbocycles. The molecule has 0 spiro atoms. The summed E-state index contributed by atoms with van der Waals surface area (Å²) in [7, 11) is 0. The highest BCUT2D eigenvalue weighted by Gasteiger charge is 2.36. The summed E-state index contributed by atoms with van der Waals surface area (Å²) in [5.41, 5.74) is 11.3. The highest BCUT2D eigenvalue weighted by Crippen LogP contribution is 2.34. The van der Waals surface area contributed by atoms with Gasteiger partial charge < -0.3 is 20.1 Å². The van der Waals surface area contributed by atoms with Gasteiger partial charge in [0, 0.05) is 37.1 Å². The summed E-state index contributed by atoms with van der Waals surface area (Å²) in [4.78, 5) is 20.6. The van der Waals surface area contributed by atoms with Gasteiger partial charge in [0.05, 0.1) is 27.5 Å². The van der Waals surface area contributed by atoms with Crippen molar-refractivity contribution in [2.45, 2.75) is 58.0 Å². The van der Waals surface area contributed by atoms with Gasteiger partial charge >= 0.3 is 0 Å². The van der Waals surface area contributed by atoms with Crippen LogP contribution in [0, 0.1) is 24.2 Å². The van der Waals surface area contributed by atoms with Gasteiger partial charge in [-0.2, -0.15) is 5.26 Å². The molecule has 9 heteroatoms. The van der Waals surface area contributed by atoms with E-state index in [-0.39, 0.29) is 24.4 Å². The van der Waals surface area contributed by atoms with Crippen LogP contribution in [0.4, 0.5) is 0 Å². The van der Waals surface area contributed by atoms with Crippen molar-refractivity contribution in [3.8, 4) is 17.6 Å². The summed E-state index contributed by atoms with van der Waals surface area (Å²) in [5, 5.41) is 11.0. The topological polar surface area (TPSA) is 101 Å². The van der Waals surface area contributed by atoms with Crippen molar-refractivity contribution in [1.29, 1.82) is 5.26 Å². The fraction of sp³-hybridized carbons (Fsp3) is 0.361. The summed E-state index contributed by atoms with van der Waals surface area (Å²) >= 11 is 12.5. The highest BCUT2D eigenvalue weighted by atomic mass is 35.5. The lowest BCUT2D eigenvalue weighted by atomic mass is 9.96. The van der Waals surface area contributed by atoms with E-state index in [4.69, 9.17) is 43.7 Å². The number of rotatable bonds is 15. The van der Waals surface area contributed by atoms with Crippen molar-refractivity contribution < 1.29 is 14.3 Å². The van der Waals surface area contributed by atoms with E-state index >= 15 is 0 Å². The van der Waals surface area contributed by atoms with Crippen LogP contribution in [0.2, 0.25) is 10.0 Å². The lowest BCUT2D eigenvalue weighted by molar-refractivity contribution is -0.136. The third-order valence-corrected chi connectivity index (χ3v) is 8.55. The molecule has 7 nitrogen and oxygen atoms in total. The molecule has 2 N–H and O–H groups in total. The number of benzene rings is 3. The lowest BCUT2D eigenvalue weighted by Crippen LogP contribution is -2.41. The normalized spacial score (nSPS) is 13.3. The van der Waals surface area contributed by atoms with E-state index < -0.39 is 0 Å². The second-order valence-corrected chi connectivity index (χ2v) is 12.4. The minimum Gasteiger partial charge on any atom is -0.490 e. The molecule has 0 radical (unpaired) electrons. The van der Waals surface area contributed by atoms with Crippen molar-refractivity contribution in [2.75, 3.05) is 19.8 Å². The first-order valence-corrected chi connectivity index (χ1v) is 16.2. The maximum absolute atomic E-state index is 14.0. The van der Waals surface area contributed by atoms with Crippen LogP contribution in [0.5, 0.6) is 11.5 Å². The first-order chi connectivity index (χ1) is 21.9. The Labute approximate surface area is 274 Å². The van der Waals surface area contributed by atoms with E-state index in [0.29, 0.717) is 54.1 Å². The van der Waals surface area contributed by atoms with E-state index in [1.165, 1.54) is 0 Å². The molecule has 4 aromatic rings. The van der Waals surface area contributed by atoms with Gasteiger partial charge in [-0.15, -0.1) is 0 Å². The predicted molar refractivity (Wildman–Crippen MR) is 179 cm³/mol. The zero-order valence-electron chi connectivity index (χ0n) is 25.5. The molecular weight excluding hydrogens is 607 g/mol. The van der Waals surface area contributed by atoms with Crippen molar-refractivity contribution in [3.63, 3.8) is 0 Å². The molecule has 1 aliphatic rings. The van der Waals surface area contributed by atoms with Crippen LogP contribution < -0.4 is 15.2 Å². The molecule has 0 bridgehead atoms. The first-order valence-electron chi connectivity index (χ1n) is 15.4. The quantitative estimate of drug-likeness (QED) is 0.135. The summed E-state index contributed by atoms with van der Waals surface area (Å²) in [5.74, 6) is 0.888. The van der Waals surface area contributed by atoms with Crippen LogP contribution in [0.3, 0.4) is 0 Å². The average Bonchev–Trinajstić information content (AvgIpc) is 3.87. The lowest BCUT2D eigenvalue weighted by Gasteiger charge is -2.28. The average molecular weight is 646 g/mol. The number of carbonyl (C=O) groups is 1. The summed E-state index contributed by atoms with van der Waals surface area (Å²) in [6, 6.07) is 22.1. The highest BCUT2D eigenvalue weighted by molar-refractivity contribution is 6.37. The van der Waals surface area contributed by atoms with E-state index in [1.54, 1.807) is 6.20 Å². The number of carbonyl (C=O) groups excluding carboxylic acids is 1. The number of fused-ring (bicyclic) bond motifs is 1. The van der Waals surface area contributed by atoms with Crippen molar-refractivity contribution >= 4 is 40.0 Å². The summed E-state index contributed by atoms with van der Waals surface area (Å²) in [6.45, 7) is 3.29. The Morgan fingerprint density at radius 2 is 1.80 bits per heavy atom.